The number of para-hydroxylation sites is 2. The summed E-state index contributed by atoms with van der Waals surface area (Å²) in [6, 6.07) is 18.6. The molecule has 1 fully saturated rings. The van der Waals surface area contributed by atoms with Crippen molar-refractivity contribution in [3.05, 3.63) is 65.7 Å². The second kappa shape index (κ2) is 7.11. The smallest absolute Gasteiger partial charge is 0.176 e. The molecule has 0 unspecified atom stereocenters. The molecule has 29 heavy (non-hydrogen) atoms. The Morgan fingerprint density at radius 1 is 1.14 bits per heavy atom. The summed E-state index contributed by atoms with van der Waals surface area (Å²) in [6.07, 6.45) is 3.82. The fraction of sp³-hybridized carbons (Fsp3) is 0.292. The van der Waals surface area contributed by atoms with E-state index < -0.39 is 23.4 Å². The van der Waals surface area contributed by atoms with E-state index in [-0.39, 0.29) is 5.78 Å². The topological polar surface area (TPSA) is 77.1 Å². The van der Waals surface area contributed by atoms with Crippen LogP contribution in [-0.2, 0) is 4.79 Å². The number of hydrogen-bond donors (Lipinski definition) is 0. The van der Waals surface area contributed by atoms with Gasteiger partial charge in [-0.2, -0.15) is 10.5 Å². The van der Waals surface area contributed by atoms with Gasteiger partial charge in [0.15, 0.2) is 11.2 Å². The number of fused-ring (bicyclic) bond motifs is 3. The number of Topliss-reactive ketones (excluding diaryl/α,β-unsaturated/α-hetero) is 1. The Kier molecular flexibility index (Phi) is 4.60. The van der Waals surface area contributed by atoms with Gasteiger partial charge in [-0.25, -0.2) is 0 Å². The molecular weight excluding hydrogens is 362 g/mol. The number of carbonyl (C=O) groups is 1. The molecule has 5 nitrogen and oxygen atoms in total. The quantitative estimate of drug-likeness (QED) is 0.795. The van der Waals surface area contributed by atoms with Crippen molar-refractivity contribution >= 4 is 17.5 Å². The van der Waals surface area contributed by atoms with Crippen molar-refractivity contribution in [2.75, 3.05) is 11.5 Å². The largest absolute Gasteiger partial charge is 0.494 e. The molecular formula is C24H21N3O2. The van der Waals surface area contributed by atoms with E-state index >= 15 is 0 Å². The summed E-state index contributed by atoms with van der Waals surface area (Å²) in [5, 5.41) is 20.5. The predicted molar refractivity (Wildman–Crippen MR) is 110 cm³/mol. The Balaban J connectivity index is 2.00. The number of nitrogens with zero attached hydrogens (tertiary/aromatic N) is 3. The predicted octanol–water partition coefficient (Wildman–Crippen LogP) is 4.08. The lowest BCUT2D eigenvalue weighted by Crippen LogP contribution is -2.43. The van der Waals surface area contributed by atoms with Gasteiger partial charge in [-0.1, -0.05) is 48.6 Å². The van der Waals surface area contributed by atoms with Gasteiger partial charge in [0.05, 0.1) is 30.8 Å². The molecule has 144 valence electrons. The maximum atomic E-state index is 13.0. The number of anilines is 1. The monoisotopic (exact) mass is 383 g/mol. The van der Waals surface area contributed by atoms with Gasteiger partial charge in [0, 0.05) is 17.2 Å². The van der Waals surface area contributed by atoms with Crippen LogP contribution in [0, 0.1) is 28.1 Å². The van der Waals surface area contributed by atoms with Crippen LogP contribution in [0.2, 0.25) is 0 Å². The summed E-state index contributed by atoms with van der Waals surface area (Å²) in [6.45, 7) is 3.87. The molecule has 3 atom stereocenters. The number of ether oxygens (including phenoxy) is 1. The van der Waals surface area contributed by atoms with Crippen LogP contribution in [0.15, 0.2) is 54.6 Å². The first-order valence-corrected chi connectivity index (χ1v) is 9.69. The van der Waals surface area contributed by atoms with Gasteiger partial charge in [0.1, 0.15) is 5.75 Å². The standard InChI is InChI=1S/C24H21N3O2/c1-3-29-20-11-7-5-9-18(20)22-23(16(2)28)27-19-10-6-4-8-17(19)12-13-21(27)24(22,14-25)15-26/h4-13,21-23H,3H2,1-2H3/t21-,22+,23-/m1/s1. The van der Waals surface area contributed by atoms with Crippen LogP contribution >= 0.6 is 0 Å². The molecule has 0 saturated carbocycles. The van der Waals surface area contributed by atoms with Gasteiger partial charge in [-0.15, -0.1) is 0 Å². The second-order valence-corrected chi connectivity index (χ2v) is 7.37. The van der Waals surface area contributed by atoms with Gasteiger partial charge in [0.25, 0.3) is 0 Å². The molecule has 0 aromatic heterocycles. The Hall–Kier alpha value is -3.57. The molecule has 0 amide bonds. The molecule has 4 rings (SSSR count). The van der Waals surface area contributed by atoms with Gasteiger partial charge >= 0.3 is 0 Å². The summed E-state index contributed by atoms with van der Waals surface area (Å²) in [5.74, 6) is -0.111. The molecule has 0 bridgehead atoms. The van der Waals surface area contributed by atoms with Gasteiger partial charge < -0.3 is 9.64 Å². The number of ketones is 1. The minimum Gasteiger partial charge on any atom is -0.494 e. The van der Waals surface area contributed by atoms with Crippen molar-refractivity contribution in [3.8, 4) is 17.9 Å². The third kappa shape index (κ3) is 2.62. The van der Waals surface area contributed by atoms with Gasteiger partial charge in [-0.3, -0.25) is 4.79 Å². The molecule has 0 spiro atoms. The van der Waals surface area contributed by atoms with Crippen molar-refractivity contribution in [3.63, 3.8) is 0 Å². The van der Waals surface area contributed by atoms with Crippen LogP contribution in [0.1, 0.15) is 30.9 Å². The van der Waals surface area contributed by atoms with Crippen molar-refractivity contribution in [1.82, 2.24) is 0 Å². The van der Waals surface area contributed by atoms with E-state index in [4.69, 9.17) is 4.74 Å². The molecule has 0 radical (unpaired) electrons. The van der Waals surface area contributed by atoms with Gasteiger partial charge in [-0.05, 0) is 31.5 Å². The highest BCUT2D eigenvalue weighted by atomic mass is 16.5. The molecule has 1 saturated heterocycles. The molecule has 0 aliphatic carbocycles. The van der Waals surface area contributed by atoms with E-state index in [1.807, 2.05) is 72.5 Å². The number of carbonyl (C=O) groups excluding carboxylic acids is 1. The lowest BCUT2D eigenvalue weighted by molar-refractivity contribution is -0.118. The average Bonchev–Trinajstić information content (AvgIpc) is 3.05. The lowest BCUT2D eigenvalue weighted by Gasteiger charge is -2.35. The molecule has 0 N–H and O–H groups in total. The first-order chi connectivity index (χ1) is 14.1. The van der Waals surface area contributed by atoms with Crippen LogP contribution in [0.3, 0.4) is 0 Å². The maximum Gasteiger partial charge on any atom is 0.176 e. The number of benzene rings is 2. The first-order valence-electron chi connectivity index (χ1n) is 9.69. The SMILES string of the molecule is CCOc1ccccc1[C@H]1[C@@H](C(C)=O)N2c3ccccc3C=C[C@@H]2C1(C#N)C#N. The lowest BCUT2D eigenvalue weighted by atomic mass is 9.69. The average molecular weight is 383 g/mol. The molecule has 2 heterocycles. The minimum absolute atomic E-state index is 0.0798. The Morgan fingerprint density at radius 3 is 2.52 bits per heavy atom. The van der Waals surface area contributed by atoms with E-state index in [2.05, 4.69) is 12.1 Å². The zero-order chi connectivity index (χ0) is 20.6. The number of rotatable bonds is 4. The van der Waals surface area contributed by atoms with Crippen LogP contribution < -0.4 is 9.64 Å². The highest BCUT2D eigenvalue weighted by Gasteiger charge is 2.63. The summed E-state index contributed by atoms with van der Waals surface area (Å²) in [5.41, 5.74) is 1.14. The summed E-state index contributed by atoms with van der Waals surface area (Å²) >= 11 is 0. The maximum absolute atomic E-state index is 13.0. The summed E-state index contributed by atoms with van der Waals surface area (Å²) in [7, 11) is 0. The normalized spacial score (nSPS) is 23.4. The van der Waals surface area contributed by atoms with Crippen LogP contribution in [-0.4, -0.2) is 24.5 Å². The van der Waals surface area contributed by atoms with E-state index in [9.17, 15) is 15.3 Å². The highest BCUT2D eigenvalue weighted by Crippen LogP contribution is 2.56. The fourth-order valence-electron chi connectivity index (χ4n) is 4.76. The Morgan fingerprint density at radius 2 is 1.83 bits per heavy atom. The number of nitriles is 2. The van der Waals surface area contributed by atoms with Crippen molar-refractivity contribution in [2.45, 2.75) is 31.8 Å². The van der Waals surface area contributed by atoms with Crippen LogP contribution in [0.25, 0.3) is 6.08 Å². The fourth-order valence-corrected chi connectivity index (χ4v) is 4.76. The van der Waals surface area contributed by atoms with E-state index in [1.54, 1.807) is 0 Å². The zero-order valence-corrected chi connectivity index (χ0v) is 16.4. The van der Waals surface area contributed by atoms with E-state index in [0.717, 1.165) is 16.8 Å². The third-order valence-electron chi connectivity index (χ3n) is 5.89. The third-order valence-corrected chi connectivity index (χ3v) is 5.89. The summed E-state index contributed by atoms with van der Waals surface area (Å²) in [4.78, 5) is 14.9. The van der Waals surface area contributed by atoms with Crippen molar-refractivity contribution < 1.29 is 9.53 Å². The molecule has 2 aliphatic rings. The highest BCUT2D eigenvalue weighted by molar-refractivity contribution is 5.91. The molecule has 2 aliphatic heterocycles. The second-order valence-electron chi connectivity index (χ2n) is 7.37. The minimum atomic E-state index is -1.42. The zero-order valence-electron chi connectivity index (χ0n) is 16.4. The van der Waals surface area contributed by atoms with Crippen LogP contribution in [0.4, 0.5) is 5.69 Å². The van der Waals surface area contributed by atoms with E-state index in [1.165, 1.54) is 6.92 Å². The van der Waals surface area contributed by atoms with Gasteiger partial charge in [0.2, 0.25) is 0 Å². The molecule has 2 aromatic rings. The summed E-state index contributed by atoms with van der Waals surface area (Å²) < 4.78 is 5.82. The Labute approximate surface area is 170 Å². The first kappa shape index (κ1) is 18.8. The van der Waals surface area contributed by atoms with Crippen molar-refractivity contribution in [1.29, 1.82) is 10.5 Å². The molecule has 5 heteroatoms. The van der Waals surface area contributed by atoms with E-state index in [0.29, 0.717) is 12.4 Å². The number of hydrogen-bond acceptors (Lipinski definition) is 5. The van der Waals surface area contributed by atoms with Crippen molar-refractivity contribution in [2.24, 2.45) is 5.41 Å². The van der Waals surface area contributed by atoms with Crippen LogP contribution in [0.5, 0.6) is 5.75 Å². The Bertz CT molecular complexity index is 1060. The molecule has 2 aromatic carbocycles.